The molecule has 0 saturated heterocycles. The van der Waals surface area contributed by atoms with E-state index >= 15 is 0 Å². The minimum absolute atomic E-state index is 0.305. The molecule has 0 aliphatic heterocycles. The molecule has 0 fully saturated rings. The van der Waals surface area contributed by atoms with Crippen LogP contribution in [0.3, 0.4) is 0 Å². The first-order valence-corrected chi connectivity index (χ1v) is 8.19. The highest BCUT2D eigenvalue weighted by Gasteiger charge is 2.22. The third-order valence-corrected chi connectivity index (χ3v) is 4.30. The highest BCUT2D eigenvalue weighted by molar-refractivity contribution is 9.10. The van der Waals surface area contributed by atoms with E-state index in [4.69, 9.17) is 11.6 Å². The molecule has 108 valence electrons. The molecule has 0 aromatic heterocycles. The summed E-state index contributed by atoms with van der Waals surface area (Å²) in [6.45, 7) is 10.1. The monoisotopic (exact) mass is 345 g/mol. The molecule has 1 unspecified atom stereocenters. The fraction of sp³-hybridized carbons (Fsp3) is 0.625. The number of hydrogen-bond acceptors (Lipinski definition) is 1. The molecule has 0 spiro atoms. The molecule has 0 bridgehead atoms. The summed E-state index contributed by atoms with van der Waals surface area (Å²) >= 11 is 9.69. The highest BCUT2D eigenvalue weighted by Crippen LogP contribution is 2.26. The van der Waals surface area contributed by atoms with Crippen molar-refractivity contribution in [3.05, 3.63) is 33.3 Å². The molecule has 0 aliphatic carbocycles. The Kier molecular flexibility index (Phi) is 6.85. The second kappa shape index (κ2) is 7.66. The lowest BCUT2D eigenvalue weighted by atomic mass is 9.83. The van der Waals surface area contributed by atoms with Crippen molar-refractivity contribution in [1.29, 1.82) is 0 Å². The van der Waals surface area contributed by atoms with Crippen LogP contribution in [0.15, 0.2) is 22.7 Å². The quantitative estimate of drug-likeness (QED) is 0.722. The van der Waals surface area contributed by atoms with E-state index < -0.39 is 0 Å². The Morgan fingerprint density at radius 1 is 1.32 bits per heavy atom. The third kappa shape index (κ3) is 5.85. The van der Waals surface area contributed by atoms with Crippen LogP contribution in [0.2, 0.25) is 5.02 Å². The van der Waals surface area contributed by atoms with Gasteiger partial charge in [-0.05, 0) is 48.9 Å². The molecule has 1 aromatic rings. The summed E-state index contributed by atoms with van der Waals surface area (Å²) in [5.41, 5.74) is 1.55. The van der Waals surface area contributed by atoms with Gasteiger partial charge in [-0.15, -0.1) is 0 Å². The zero-order valence-corrected chi connectivity index (χ0v) is 14.7. The van der Waals surface area contributed by atoms with Crippen molar-refractivity contribution >= 4 is 27.5 Å². The predicted octanol–water partition coefficient (Wildman–Crippen LogP) is 5.45. The summed E-state index contributed by atoms with van der Waals surface area (Å²) in [7, 11) is 0. The van der Waals surface area contributed by atoms with Crippen LogP contribution in [-0.4, -0.2) is 12.6 Å². The molecule has 0 radical (unpaired) electrons. The van der Waals surface area contributed by atoms with Crippen molar-refractivity contribution in [3.63, 3.8) is 0 Å². The molecule has 19 heavy (non-hydrogen) atoms. The van der Waals surface area contributed by atoms with Crippen molar-refractivity contribution in [2.75, 3.05) is 6.54 Å². The van der Waals surface area contributed by atoms with Crippen molar-refractivity contribution in [1.82, 2.24) is 5.32 Å². The van der Waals surface area contributed by atoms with Crippen molar-refractivity contribution in [2.24, 2.45) is 5.41 Å². The van der Waals surface area contributed by atoms with Gasteiger partial charge in [0.15, 0.2) is 0 Å². The summed E-state index contributed by atoms with van der Waals surface area (Å²) in [4.78, 5) is 0. The zero-order valence-electron chi connectivity index (χ0n) is 12.4. The molecule has 0 aliphatic rings. The maximum atomic E-state index is 6.25. The van der Waals surface area contributed by atoms with Gasteiger partial charge in [0.25, 0.3) is 0 Å². The van der Waals surface area contributed by atoms with Crippen molar-refractivity contribution in [2.45, 2.75) is 53.0 Å². The van der Waals surface area contributed by atoms with Gasteiger partial charge in [-0.3, -0.25) is 0 Å². The first kappa shape index (κ1) is 17.0. The topological polar surface area (TPSA) is 12.0 Å². The molecule has 1 nitrogen and oxygen atoms in total. The molecule has 1 aromatic carbocycles. The minimum Gasteiger partial charge on any atom is -0.314 e. The van der Waals surface area contributed by atoms with Gasteiger partial charge in [0, 0.05) is 15.5 Å². The normalized spacial score (nSPS) is 13.6. The summed E-state index contributed by atoms with van der Waals surface area (Å²) < 4.78 is 1.04. The average Bonchev–Trinajstić information content (AvgIpc) is 2.29. The van der Waals surface area contributed by atoms with Gasteiger partial charge in [0.05, 0.1) is 0 Å². The zero-order chi connectivity index (χ0) is 14.5. The largest absolute Gasteiger partial charge is 0.314 e. The number of halogens is 2. The van der Waals surface area contributed by atoms with Gasteiger partial charge < -0.3 is 5.32 Å². The number of hydrogen-bond donors (Lipinski definition) is 1. The Morgan fingerprint density at radius 2 is 2.00 bits per heavy atom. The molecule has 0 amide bonds. The second-order valence-corrected chi connectivity index (χ2v) is 7.43. The van der Waals surface area contributed by atoms with Crippen LogP contribution in [0.4, 0.5) is 0 Å². The lowest BCUT2D eigenvalue weighted by Crippen LogP contribution is -2.40. The smallest absolute Gasteiger partial charge is 0.0449 e. The Hall–Kier alpha value is -0.0500. The van der Waals surface area contributed by atoms with E-state index in [0.29, 0.717) is 11.5 Å². The molecular formula is C16H25BrClN. The first-order valence-electron chi connectivity index (χ1n) is 7.02. The van der Waals surface area contributed by atoms with Crippen LogP contribution < -0.4 is 5.32 Å². The fourth-order valence-corrected chi connectivity index (χ4v) is 3.08. The molecule has 1 atom stereocenters. The Balaban J connectivity index is 2.52. The van der Waals surface area contributed by atoms with Crippen molar-refractivity contribution < 1.29 is 0 Å². The van der Waals surface area contributed by atoms with Crippen LogP contribution >= 0.6 is 27.5 Å². The molecule has 1 N–H and O–H groups in total. The summed E-state index contributed by atoms with van der Waals surface area (Å²) in [5, 5.41) is 4.46. The molecule has 0 heterocycles. The van der Waals surface area contributed by atoms with Crippen LogP contribution in [0.25, 0.3) is 0 Å². The summed E-state index contributed by atoms with van der Waals surface area (Å²) in [6.07, 6.45) is 3.39. The van der Waals surface area contributed by atoms with E-state index in [1.165, 1.54) is 12.0 Å². The van der Waals surface area contributed by atoms with Crippen LogP contribution in [-0.2, 0) is 6.42 Å². The van der Waals surface area contributed by atoms with Gasteiger partial charge >= 0.3 is 0 Å². The second-order valence-electron chi connectivity index (χ2n) is 6.10. The average molecular weight is 347 g/mol. The van der Waals surface area contributed by atoms with Gasteiger partial charge in [-0.1, -0.05) is 61.3 Å². The SMILES string of the molecule is CCNC(CCCc1ccc(Br)cc1Cl)C(C)(C)C. The summed E-state index contributed by atoms with van der Waals surface area (Å²) in [5.74, 6) is 0. The predicted molar refractivity (Wildman–Crippen MR) is 89.0 cm³/mol. The van der Waals surface area contributed by atoms with E-state index in [0.717, 1.165) is 28.9 Å². The Bertz CT molecular complexity index is 398. The first-order chi connectivity index (χ1) is 8.84. The van der Waals surface area contributed by atoms with Crippen LogP contribution in [0.5, 0.6) is 0 Å². The van der Waals surface area contributed by atoms with E-state index in [1.54, 1.807) is 0 Å². The number of benzene rings is 1. The van der Waals surface area contributed by atoms with Gasteiger partial charge in [0.1, 0.15) is 0 Å². The van der Waals surface area contributed by atoms with E-state index in [2.05, 4.69) is 61.1 Å². The maximum absolute atomic E-state index is 6.25. The van der Waals surface area contributed by atoms with Crippen LogP contribution in [0.1, 0.15) is 46.1 Å². The highest BCUT2D eigenvalue weighted by atomic mass is 79.9. The lowest BCUT2D eigenvalue weighted by Gasteiger charge is -2.31. The van der Waals surface area contributed by atoms with Crippen molar-refractivity contribution in [3.8, 4) is 0 Å². The minimum atomic E-state index is 0.305. The van der Waals surface area contributed by atoms with Crippen LogP contribution in [0, 0.1) is 5.41 Å². The molecule has 0 saturated carbocycles. The fourth-order valence-electron chi connectivity index (χ4n) is 2.31. The number of aryl methyl sites for hydroxylation is 1. The Labute approximate surface area is 131 Å². The number of nitrogens with one attached hydrogen (secondary N) is 1. The van der Waals surface area contributed by atoms with Gasteiger partial charge in [-0.2, -0.15) is 0 Å². The third-order valence-electron chi connectivity index (χ3n) is 3.45. The molecule has 3 heteroatoms. The van der Waals surface area contributed by atoms with Gasteiger partial charge in [0.2, 0.25) is 0 Å². The van der Waals surface area contributed by atoms with Gasteiger partial charge in [-0.25, -0.2) is 0 Å². The van der Waals surface area contributed by atoms with E-state index in [-0.39, 0.29) is 0 Å². The molecule has 1 rings (SSSR count). The van der Waals surface area contributed by atoms with E-state index in [9.17, 15) is 0 Å². The molecular weight excluding hydrogens is 322 g/mol. The summed E-state index contributed by atoms with van der Waals surface area (Å²) in [6, 6.07) is 6.72. The standard InChI is InChI=1S/C16H25BrClN/c1-5-19-15(16(2,3)4)8-6-7-12-9-10-13(17)11-14(12)18/h9-11,15,19H,5-8H2,1-4H3. The lowest BCUT2D eigenvalue weighted by molar-refractivity contribution is 0.254. The maximum Gasteiger partial charge on any atom is 0.0449 e. The number of rotatable bonds is 6. The van der Waals surface area contributed by atoms with E-state index in [1.807, 2.05) is 6.07 Å². The Morgan fingerprint density at radius 3 is 2.53 bits per heavy atom.